The SMILES string of the molecule is O=S(=O)(Nc1ccc(C(F)(F)F)cc1)c1ccc2nc[nH]c2c1. The van der Waals surface area contributed by atoms with Crippen LogP contribution < -0.4 is 4.72 Å². The van der Waals surface area contributed by atoms with Gasteiger partial charge in [0.15, 0.2) is 0 Å². The summed E-state index contributed by atoms with van der Waals surface area (Å²) in [7, 11) is -3.91. The van der Waals surface area contributed by atoms with Gasteiger partial charge in [0.1, 0.15) is 0 Å². The predicted molar refractivity (Wildman–Crippen MR) is 78.3 cm³/mol. The smallest absolute Gasteiger partial charge is 0.345 e. The van der Waals surface area contributed by atoms with E-state index < -0.39 is 21.8 Å². The molecule has 0 amide bonds. The summed E-state index contributed by atoms with van der Waals surface area (Å²) in [6.07, 6.45) is -3.03. The van der Waals surface area contributed by atoms with Crippen molar-refractivity contribution in [3.05, 3.63) is 54.4 Å². The number of imidazole rings is 1. The quantitative estimate of drug-likeness (QED) is 0.767. The second-order valence-corrected chi connectivity index (χ2v) is 6.44. The molecule has 1 aromatic heterocycles. The first-order valence-electron chi connectivity index (χ1n) is 6.39. The number of nitrogens with zero attached hydrogens (tertiary/aromatic N) is 1. The van der Waals surface area contributed by atoms with E-state index in [2.05, 4.69) is 14.7 Å². The molecule has 0 aliphatic rings. The molecule has 3 aromatic rings. The lowest BCUT2D eigenvalue weighted by molar-refractivity contribution is -0.137. The van der Waals surface area contributed by atoms with Crippen LogP contribution in [0.1, 0.15) is 5.56 Å². The summed E-state index contributed by atoms with van der Waals surface area (Å²) in [5.41, 5.74) is 0.348. The van der Waals surface area contributed by atoms with Gasteiger partial charge in [-0.05, 0) is 42.5 Å². The zero-order valence-corrected chi connectivity index (χ0v) is 12.2. The molecule has 0 aliphatic heterocycles. The van der Waals surface area contributed by atoms with Crippen LogP contribution in [-0.4, -0.2) is 18.4 Å². The summed E-state index contributed by atoms with van der Waals surface area (Å²) < 4.78 is 64.3. The second kappa shape index (κ2) is 5.27. The maximum Gasteiger partial charge on any atom is 0.416 e. The van der Waals surface area contributed by atoms with Gasteiger partial charge in [-0.1, -0.05) is 0 Å². The van der Waals surface area contributed by atoms with Crippen LogP contribution in [0, 0.1) is 0 Å². The van der Waals surface area contributed by atoms with Gasteiger partial charge in [-0.2, -0.15) is 13.2 Å². The first-order chi connectivity index (χ1) is 10.8. The Morgan fingerprint density at radius 1 is 1.04 bits per heavy atom. The van der Waals surface area contributed by atoms with E-state index >= 15 is 0 Å². The van der Waals surface area contributed by atoms with Crippen LogP contribution >= 0.6 is 0 Å². The third-order valence-electron chi connectivity index (χ3n) is 3.17. The molecule has 9 heteroatoms. The Bertz CT molecular complexity index is 947. The highest BCUT2D eigenvalue weighted by Crippen LogP contribution is 2.30. The van der Waals surface area contributed by atoms with Gasteiger partial charge >= 0.3 is 6.18 Å². The fourth-order valence-electron chi connectivity index (χ4n) is 2.02. The molecule has 0 unspecified atom stereocenters. The molecular formula is C14H10F3N3O2S. The number of fused-ring (bicyclic) bond motifs is 1. The van der Waals surface area contributed by atoms with Crippen molar-refractivity contribution in [1.82, 2.24) is 9.97 Å². The van der Waals surface area contributed by atoms with Crippen LogP contribution in [0.3, 0.4) is 0 Å². The third kappa shape index (κ3) is 3.14. The number of hydrogen-bond acceptors (Lipinski definition) is 3. The van der Waals surface area contributed by atoms with Gasteiger partial charge in [0.2, 0.25) is 0 Å². The number of nitrogens with one attached hydrogen (secondary N) is 2. The average Bonchev–Trinajstić information content (AvgIpc) is 2.93. The molecule has 2 N–H and O–H groups in total. The summed E-state index contributed by atoms with van der Waals surface area (Å²) in [5, 5.41) is 0. The Morgan fingerprint density at radius 3 is 2.39 bits per heavy atom. The van der Waals surface area contributed by atoms with Gasteiger partial charge in [0, 0.05) is 5.69 Å². The number of sulfonamides is 1. The highest BCUT2D eigenvalue weighted by molar-refractivity contribution is 7.92. The van der Waals surface area contributed by atoms with E-state index in [-0.39, 0.29) is 10.6 Å². The number of halogens is 3. The summed E-state index contributed by atoms with van der Waals surface area (Å²) in [6.45, 7) is 0. The van der Waals surface area contributed by atoms with Crippen molar-refractivity contribution < 1.29 is 21.6 Å². The Balaban J connectivity index is 1.88. The predicted octanol–water partition coefficient (Wildman–Crippen LogP) is 3.38. The minimum atomic E-state index is -4.47. The van der Waals surface area contributed by atoms with Crippen LogP contribution in [0.2, 0.25) is 0 Å². The first-order valence-corrected chi connectivity index (χ1v) is 7.87. The zero-order valence-electron chi connectivity index (χ0n) is 11.4. The molecule has 120 valence electrons. The van der Waals surface area contributed by atoms with Gasteiger partial charge < -0.3 is 4.98 Å². The average molecular weight is 341 g/mol. The number of rotatable bonds is 3. The number of alkyl halides is 3. The fraction of sp³-hybridized carbons (Fsp3) is 0.0714. The van der Waals surface area contributed by atoms with E-state index in [4.69, 9.17) is 0 Å². The van der Waals surface area contributed by atoms with Gasteiger partial charge in [0.05, 0.1) is 27.8 Å². The highest BCUT2D eigenvalue weighted by atomic mass is 32.2. The number of H-pyrrole nitrogens is 1. The molecule has 0 aliphatic carbocycles. The van der Waals surface area contributed by atoms with E-state index in [9.17, 15) is 21.6 Å². The number of hydrogen-bond donors (Lipinski definition) is 2. The maximum absolute atomic E-state index is 12.5. The minimum Gasteiger partial charge on any atom is -0.345 e. The van der Waals surface area contributed by atoms with Crippen LogP contribution in [0.15, 0.2) is 53.7 Å². The summed E-state index contributed by atoms with van der Waals surface area (Å²) in [6, 6.07) is 8.06. The Morgan fingerprint density at radius 2 is 1.74 bits per heavy atom. The number of benzene rings is 2. The van der Waals surface area contributed by atoms with Gasteiger partial charge in [-0.15, -0.1) is 0 Å². The lowest BCUT2D eigenvalue weighted by Crippen LogP contribution is -2.13. The Kier molecular flexibility index (Phi) is 3.52. The van der Waals surface area contributed by atoms with Gasteiger partial charge in [-0.25, -0.2) is 13.4 Å². The van der Waals surface area contributed by atoms with Gasteiger partial charge in [-0.3, -0.25) is 4.72 Å². The van der Waals surface area contributed by atoms with Crippen LogP contribution in [0.4, 0.5) is 18.9 Å². The molecule has 0 fully saturated rings. The van der Waals surface area contributed by atoms with Crippen molar-refractivity contribution in [1.29, 1.82) is 0 Å². The third-order valence-corrected chi connectivity index (χ3v) is 4.55. The minimum absolute atomic E-state index is 0.0193. The largest absolute Gasteiger partial charge is 0.416 e. The lowest BCUT2D eigenvalue weighted by atomic mass is 10.2. The Hall–Kier alpha value is -2.55. The van der Waals surface area contributed by atoms with Crippen molar-refractivity contribution in [3.63, 3.8) is 0 Å². The van der Waals surface area contributed by atoms with Gasteiger partial charge in [0.25, 0.3) is 10.0 Å². The summed E-state index contributed by atoms with van der Waals surface area (Å²) >= 11 is 0. The van der Waals surface area contributed by atoms with Crippen molar-refractivity contribution in [2.24, 2.45) is 0 Å². The molecule has 0 saturated carbocycles. The topological polar surface area (TPSA) is 74.8 Å². The molecule has 0 radical (unpaired) electrons. The fourth-order valence-corrected chi connectivity index (χ4v) is 3.11. The van der Waals surface area contributed by atoms with Crippen molar-refractivity contribution >= 4 is 26.7 Å². The number of anilines is 1. The number of aromatic amines is 1. The molecule has 2 aromatic carbocycles. The monoisotopic (exact) mass is 341 g/mol. The molecule has 0 atom stereocenters. The highest BCUT2D eigenvalue weighted by Gasteiger charge is 2.30. The molecule has 0 saturated heterocycles. The molecule has 1 heterocycles. The number of aromatic nitrogens is 2. The molecule has 0 spiro atoms. The van der Waals surface area contributed by atoms with Crippen LogP contribution in [0.5, 0.6) is 0 Å². The molecule has 23 heavy (non-hydrogen) atoms. The summed E-state index contributed by atoms with van der Waals surface area (Å²) in [5.74, 6) is 0. The normalized spacial score (nSPS) is 12.5. The maximum atomic E-state index is 12.5. The standard InChI is InChI=1S/C14H10F3N3O2S/c15-14(16,17)9-1-3-10(4-2-9)20-23(21,22)11-5-6-12-13(7-11)19-8-18-12/h1-8,20H,(H,18,19). The first kappa shape index (κ1) is 15.3. The molecule has 0 bridgehead atoms. The second-order valence-electron chi connectivity index (χ2n) is 4.76. The summed E-state index contributed by atoms with van der Waals surface area (Å²) in [4.78, 5) is 6.75. The van der Waals surface area contributed by atoms with E-state index in [1.54, 1.807) is 0 Å². The molecular weight excluding hydrogens is 331 g/mol. The molecule has 5 nitrogen and oxygen atoms in total. The van der Waals surface area contributed by atoms with E-state index in [1.165, 1.54) is 24.5 Å². The Labute approximate surface area is 129 Å². The lowest BCUT2D eigenvalue weighted by Gasteiger charge is -2.10. The zero-order chi connectivity index (χ0) is 16.7. The van der Waals surface area contributed by atoms with E-state index in [1.807, 2.05) is 0 Å². The van der Waals surface area contributed by atoms with Crippen molar-refractivity contribution in [3.8, 4) is 0 Å². The van der Waals surface area contributed by atoms with Crippen molar-refractivity contribution in [2.75, 3.05) is 4.72 Å². The van der Waals surface area contributed by atoms with E-state index in [0.717, 1.165) is 24.3 Å². The van der Waals surface area contributed by atoms with Crippen LogP contribution in [0.25, 0.3) is 11.0 Å². The van der Waals surface area contributed by atoms with E-state index in [0.29, 0.717) is 11.0 Å². The van der Waals surface area contributed by atoms with Crippen molar-refractivity contribution in [2.45, 2.75) is 11.1 Å². The molecule has 3 rings (SSSR count). The van der Waals surface area contributed by atoms with Crippen LogP contribution in [-0.2, 0) is 16.2 Å².